The van der Waals surface area contributed by atoms with Crippen LogP contribution in [0.3, 0.4) is 0 Å². The zero-order valence-electron chi connectivity index (χ0n) is 12.5. The van der Waals surface area contributed by atoms with E-state index < -0.39 is 0 Å². The van der Waals surface area contributed by atoms with E-state index in [9.17, 15) is 4.79 Å². The van der Waals surface area contributed by atoms with Crippen molar-refractivity contribution in [2.45, 2.75) is 25.9 Å². The number of hydrogen-bond acceptors (Lipinski definition) is 4. The molecule has 0 fully saturated rings. The molecule has 0 aliphatic rings. The Hall–Kier alpha value is -2.21. The van der Waals surface area contributed by atoms with Gasteiger partial charge in [-0.25, -0.2) is 0 Å². The van der Waals surface area contributed by atoms with Gasteiger partial charge in [-0.05, 0) is 32.0 Å². The van der Waals surface area contributed by atoms with Crippen molar-refractivity contribution in [2.75, 3.05) is 13.7 Å². The molecule has 6 heteroatoms. The highest BCUT2D eigenvalue weighted by atomic mass is 16.5. The molecule has 1 amide bonds. The van der Waals surface area contributed by atoms with Gasteiger partial charge in [0.15, 0.2) is 0 Å². The number of nitrogens with one attached hydrogen (secondary N) is 1. The third-order valence-electron chi connectivity index (χ3n) is 3.05. The minimum atomic E-state index is -0.298. The van der Waals surface area contributed by atoms with Crippen molar-refractivity contribution in [3.63, 3.8) is 0 Å². The van der Waals surface area contributed by atoms with Crippen molar-refractivity contribution in [1.82, 2.24) is 20.1 Å². The van der Waals surface area contributed by atoms with Gasteiger partial charge in [0.05, 0.1) is 18.3 Å². The largest absolute Gasteiger partial charge is 0.382 e. The number of rotatable bonds is 6. The lowest BCUT2D eigenvalue weighted by Gasteiger charge is -2.16. The summed E-state index contributed by atoms with van der Waals surface area (Å²) in [5.41, 5.74) is 1.15. The molecule has 2 heterocycles. The van der Waals surface area contributed by atoms with E-state index in [-0.39, 0.29) is 18.0 Å². The summed E-state index contributed by atoms with van der Waals surface area (Å²) >= 11 is 0. The average molecular weight is 288 g/mol. The number of carbonyl (C=O) groups is 1. The Kier molecular flexibility index (Phi) is 5.05. The molecule has 112 valence electrons. The van der Waals surface area contributed by atoms with E-state index in [2.05, 4.69) is 15.4 Å². The first kappa shape index (κ1) is 15.2. The molecule has 0 aromatic carbocycles. The number of carbonyl (C=O) groups excluding carboxylic acids is 1. The lowest BCUT2D eigenvalue weighted by Crippen LogP contribution is -2.32. The minimum Gasteiger partial charge on any atom is -0.382 e. The second kappa shape index (κ2) is 6.99. The highest BCUT2D eigenvalue weighted by molar-refractivity contribution is 5.92. The standard InChI is InChI=1S/C15H20N4O2/c1-11(2)19-9-7-13(18-19)15(20)17-14(10-21-3)12-6-4-5-8-16-12/h4-9,11,14H,10H2,1-3H3,(H,17,20)/t14-/m0/s1. The fraction of sp³-hybridized carbons (Fsp3) is 0.400. The molecule has 2 aromatic heterocycles. The Labute approximate surface area is 124 Å². The smallest absolute Gasteiger partial charge is 0.272 e. The SMILES string of the molecule is COC[C@H](NC(=O)c1ccn(C(C)C)n1)c1ccccn1. The molecule has 21 heavy (non-hydrogen) atoms. The average Bonchev–Trinajstić information content (AvgIpc) is 2.98. The van der Waals surface area contributed by atoms with Crippen molar-refractivity contribution in [1.29, 1.82) is 0 Å². The lowest BCUT2D eigenvalue weighted by molar-refractivity contribution is 0.0888. The van der Waals surface area contributed by atoms with Crippen LogP contribution in [0.2, 0.25) is 0 Å². The molecule has 1 N–H and O–H groups in total. The van der Waals surface area contributed by atoms with Crippen molar-refractivity contribution in [3.05, 3.63) is 48.0 Å². The number of nitrogens with zero attached hydrogens (tertiary/aromatic N) is 3. The number of amides is 1. The van der Waals surface area contributed by atoms with Crippen LogP contribution in [-0.2, 0) is 4.74 Å². The summed E-state index contributed by atoms with van der Waals surface area (Å²) in [4.78, 5) is 16.5. The van der Waals surface area contributed by atoms with Gasteiger partial charge in [0.2, 0.25) is 0 Å². The fourth-order valence-corrected chi connectivity index (χ4v) is 1.93. The Morgan fingerprint density at radius 3 is 2.76 bits per heavy atom. The van der Waals surface area contributed by atoms with Gasteiger partial charge in [-0.1, -0.05) is 6.07 Å². The molecule has 2 rings (SSSR count). The van der Waals surface area contributed by atoms with E-state index in [0.717, 1.165) is 5.69 Å². The third kappa shape index (κ3) is 3.88. The van der Waals surface area contributed by atoms with Gasteiger partial charge in [0, 0.05) is 25.5 Å². The van der Waals surface area contributed by atoms with Crippen LogP contribution in [0.25, 0.3) is 0 Å². The van der Waals surface area contributed by atoms with Crippen LogP contribution in [0.5, 0.6) is 0 Å². The molecular formula is C15H20N4O2. The quantitative estimate of drug-likeness (QED) is 0.882. The molecule has 0 aliphatic carbocycles. The third-order valence-corrected chi connectivity index (χ3v) is 3.05. The molecule has 0 unspecified atom stereocenters. The van der Waals surface area contributed by atoms with Crippen molar-refractivity contribution in [2.24, 2.45) is 0 Å². The summed E-state index contributed by atoms with van der Waals surface area (Å²) in [5, 5.41) is 7.16. The number of aromatic nitrogens is 3. The van der Waals surface area contributed by atoms with Gasteiger partial charge < -0.3 is 10.1 Å². The lowest BCUT2D eigenvalue weighted by atomic mass is 10.2. The highest BCUT2D eigenvalue weighted by Crippen LogP contribution is 2.11. The maximum atomic E-state index is 12.3. The molecule has 0 spiro atoms. The van der Waals surface area contributed by atoms with E-state index >= 15 is 0 Å². The van der Waals surface area contributed by atoms with Crippen LogP contribution in [0.4, 0.5) is 0 Å². The van der Waals surface area contributed by atoms with Crippen LogP contribution in [0, 0.1) is 0 Å². The predicted molar refractivity (Wildman–Crippen MR) is 78.9 cm³/mol. The van der Waals surface area contributed by atoms with Crippen molar-refractivity contribution >= 4 is 5.91 Å². The monoisotopic (exact) mass is 288 g/mol. The predicted octanol–water partition coefficient (Wildman–Crippen LogP) is 1.98. The van der Waals surface area contributed by atoms with E-state index in [1.165, 1.54) is 0 Å². The van der Waals surface area contributed by atoms with Gasteiger partial charge in [-0.15, -0.1) is 0 Å². The molecule has 0 saturated carbocycles. The maximum absolute atomic E-state index is 12.3. The normalized spacial score (nSPS) is 12.4. The number of ether oxygens (including phenoxy) is 1. The number of hydrogen-bond donors (Lipinski definition) is 1. The van der Waals surface area contributed by atoms with Gasteiger partial charge >= 0.3 is 0 Å². The molecular weight excluding hydrogens is 268 g/mol. The zero-order chi connectivity index (χ0) is 15.2. The Bertz CT molecular complexity index is 580. The van der Waals surface area contributed by atoms with E-state index in [0.29, 0.717) is 12.3 Å². The van der Waals surface area contributed by atoms with Crippen LogP contribution in [0.15, 0.2) is 36.7 Å². The Morgan fingerprint density at radius 2 is 2.19 bits per heavy atom. The van der Waals surface area contributed by atoms with E-state index in [1.54, 1.807) is 30.3 Å². The van der Waals surface area contributed by atoms with Gasteiger partial charge in [-0.2, -0.15) is 5.10 Å². The van der Waals surface area contributed by atoms with Gasteiger partial charge in [0.1, 0.15) is 5.69 Å². The fourth-order valence-electron chi connectivity index (χ4n) is 1.93. The first-order valence-corrected chi connectivity index (χ1v) is 6.87. The Morgan fingerprint density at radius 1 is 1.38 bits per heavy atom. The molecule has 6 nitrogen and oxygen atoms in total. The molecule has 2 aromatic rings. The summed E-state index contributed by atoms with van der Waals surface area (Å²) in [5.74, 6) is -0.234. The van der Waals surface area contributed by atoms with Crippen LogP contribution >= 0.6 is 0 Å². The summed E-state index contributed by atoms with van der Waals surface area (Å²) < 4.78 is 6.91. The summed E-state index contributed by atoms with van der Waals surface area (Å²) in [6.45, 7) is 4.38. The first-order valence-electron chi connectivity index (χ1n) is 6.87. The molecule has 0 bridgehead atoms. The second-order valence-electron chi connectivity index (χ2n) is 5.01. The number of methoxy groups -OCH3 is 1. The van der Waals surface area contributed by atoms with E-state index in [4.69, 9.17) is 4.74 Å². The van der Waals surface area contributed by atoms with Crippen LogP contribution in [0.1, 0.15) is 42.1 Å². The van der Waals surface area contributed by atoms with Gasteiger partial charge in [0.25, 0.3) is 5.91 Å². The number of pyridine rings is 1. The molecule has 1 atom stereocenters. The molecule has 0 saturated heterocycles. The minimum absolute atomic E-state index is 0.220. The van der Waals surface area contributed by atoms with Crippen LogP contribution < -0.4 is 5.32 Å². The van der Waals surface area contributed by atoms with Crippen molar-refractivity contribution < 1.29 is 9.53 Å². The van der Waals surface area contributed by atoms with Crippen LogP contribution in [-0.4, -0.2) is 34.4 Å². The second-order valence-corrected chi connectivity index (χ2v) is 5.01. The zero-order valence-corrected chi connectivity index (χ0v) is 12.5. The molecule has 0 radical (unpaired) electrons. The topological polar surface area (TPSA) is 69.0 Å². The highest BCUT2D eigenvalue weighted by Gasteiger charge is 2.18. The first-order chi connectivity index (χ1) is 10.1. The van der Waals surface area contributed by atoms with E-state index in [1.807, 2.05) is 32.0 Å². The maximum Gasteiger partial charge on any atom is 0.272 e. The Balaban J connectivity index is 2.11. The summed E-state index contributed by atoms with van der Waals surface area (Å²) in [6, 6.07) is 7.20. The van der Waals surface area contributed by atoms with Crippen molar-refractivity contribution in [3.8, 4) is 0 Å². The summed E-state index contributed by atoms with van der Waals surface area (Å²) in [6.07, 6.45) is 3.49. The van der Waals surface area contributed by atoms with Gasteiger partial charge in [-0.3, -0.25) is 14.5 Å². The summed E-state index contributed by atoms with van der Waals surface area (Å²) in [7, 11) is 1.59. The molecule has 0 aliphatic heterocycles.